The first-order valence-electron chi connectivity index (χ1n) is 10.00. The van der Waals surface area contributed by atoms with Gasteiger partial charge in [0.2, 0.25) is 6.79 Å². The average Bonchev–Trinajstić information content (AvgIpc) is 3.15. The van der Waals surface area contributed by atoms with Gasteiger partial charge in [0, 0.05) is 58.5 Å². The van der Waals surface area contributed by atoms with E-state index in [1.807, 2.05) is 6.07 Å². The lowest BCUT2D eigenvalue weighted by atomic mass is 10.0. The van der Waals surface area contributed by atoms with Crippen LogP contribution in [0.2, 0.25) is 0 Å². The topological polar surface area (TPSA) is 48.4 Å². The maximum absolute atomic E-state index is 9.06. The summed E-state index contributed by atoms with van der Waals surface area (Å²) in [7, 11) is 0. The molecule has 1 aromatic carbocycles. The van der Waals surface area contributed by atoms with Crippen LogP contribution in [0.25, 0.3) is 0 Å². The maximum Gasteiger partial charge on any atom is 0.231 e. The van der Waals surface area contributed by atoms with E-state index in [2.05, 4.69) is 26.8 Å². The molecule has 6 heteroatoms. The molecule has 4 rings (SSSR count). The zero-order valence-electron chi connectivity index (χ0n) is 15.6. The number of piperazine rings is 1. The minimum absolute atomic E-state index is 0.305. The van der Waals surface area contributed by atoms with Crippen molar-refractivity contribution in [2.75, 3.05) is 59.2 Å². The minimum Gasteiger partial charge on any atom is -0.454 e. The molecule has 26 heavy (non-hydrogen) atoms. The summed E-state index contributed by atoms with van der Waals surface area (Å²) in [5.74, 6) is 1.74. The fraction of sp³-hybridized carbons (Fsp3) is 0.700. The second-order valence-corrected chi connectivity index (χ2v) is 7.67. The Morgan fingerprint density at radius 1 is 1.00 bits per heavy atom. The van der Waals surface area contributed by atoms with Gasteiger partial charge in [0.15, 0.2) is 11.5 Å². The number of benzene rings is 1. The second kappa shape index (κ2) is 8.57. The molecule has 2 fully saturated rings. The van der Waals surface area contributed by atoms with Gasteiger partial charge in [-0.3, -0.25) is 9.80 Å². The Hall–Kier alpha value is -1.34. The third-order valence-corrected chi connectivity index (χ3v) is 5.88. The standard InChI is InChI=1S/C20H31N3O3/c24-12-2-7-21-6-1-3-18(15-21)23-10-8-22(9-11-23)14-17-4-5-19-20(13-17)26-16-25-19/h4-5,13,18,24H,1-3,6-12,14-16H2/t18-/m0/s1. The molecule has 0 saturated carbocycles. The molecule has 2 saturated heterocycles. The Kier molecular flexibility index (Phi) is 5.94. The number of aliphatic hydroxyl groups is 1. The number of hydrogen-bond acceptors (Lipinski definition) is 6. The molecule has 0 bridgehead atoms. The number of rotatable bonds is 6. The van der Waals surface area contributed by atoms with E-state index in [1.165, 1.54) is 31.5 Å². The van der Waals surface area contributed by atoms with Gasteiger partial charge in [-0.2, -0.15) is 0 Å². The molecule has 1 aromatic rings. The molecule has 0 unspecified atom stereocenters. The van der Waals surface area contributed by atoms with Gasteiger partial charge in [0.1, 0.15) is 0 Å². The van der Waals surface area contributed by atoms with Crippen LogP contribution in [0.3, 0.4) is 0 Å². The molecular weight excluding hydrogens is 330 g/mol. The van der Waals surface area contributed by atoms with E-state index in [1.54, 1.807) is 0 Å². The Balaban J connectivity index is 1.25. The molecule has 6 nitrogen and oxygen atoms in total. The molecular formula is C20H31N3O3. The van der Waals surface area contributed by atoms with Gasteiger partial charge in [-0.15, -0.1) is 0 Å². The summed E-state index contributed by atoms with van der Waals surface area (Å²) in [4.78, 5) is 7.75. The Morgan fingerprint density at radius 3 is 2.69 bits per heavy atom. The van der Waals surface area contributed by atoms with Crippen molar-refractivity contribution >= 4 is 0 Å². The summed E-state index contributed by atoms with van der Waals surface area (Å²) in [6, 6.07) is 6.99. The van der Waals surface area contributed by atoms with Gasteiger partial charge in [0.05, 0.1) is 0 Å². The monoisotopic (exact) mass is 361 g/mol. The number of nitrogens with zero attached hydrogens (tertiary/aromatic N) is 3. The SMILES string of the molecule is OCCCN1CCC[C@H](N2CCN(Cc3ccc4c(c3)OCO4)CC2)C1. The van der Waals surface area contributed by atoms with Crippen LogP contribution in [0.4, 0.5) is 0 Å². The van der Waals surface area contributed by atoms with E-state index in [4.69, 9.17) is 14.6 Å². The molecule has 144 valence electrons. The third kappa shape index (κ3) is 4.31. The van der Waals surface area contributed by atoms with Gasteiger partial charge < -0.3 is 19.5 Å². The lowest BCUT2D eigenvalue weighted by molar-refractivity contribution is 0.0482. The quantitative estimate of drug-likeness (QED) is 0.826. The van der Waals surface area contributed by atoms with Crippen molar-refractivity contribution < 1.29 is 14.6 Å². The highest BCUT2D eigenvalue weighted by atomic mass is 16.7. The molecule has 3 aliphatic rings. The summed E-state index contributed by atoms with van der Waals surface area (Å²) < 4.78 is 10.9. The zero-order chi connectivity index (χ0) is 17.8. The molecule has 0 amide bonds. The van der Waals surface area contributed by atoms with E-state index in [0.29, 0.717) is 19.4 Å². The summed E-state index contributed by atoms with van der Waals surface area (Å²) >= 11 is 0. The highest BCUT2D eigenvalue weighted by Gasteiger charge is 2.28. The van der Waals surface area contributed by atoms with Crippen LogP contribution in [0.15, 0.2) is 18.2 Å². The number of ether oxygens (including phenoxy) is 2. The predicted octanol–water partition coefficient (Wildman–Crippen LogP) is 1.38. The Labute approximate surface area is 156 Å². The summed E-state index contributed by atoms with van der Waals surface area (Å²) in [6.07, 6.45) is 3.50. The van der Waals surface area contributed by atoms with Crippen LogP contribution in [-0.2, 0) is 6.54 Å². The maximum atomic E-state index is 9.06. The highest BCUT2D eigenvalue weighted by Crippen LogP contribution is 2.33. The van der Waals surface area contributed by atoms with Crippen LogP contribution in [0, 0.1) is 0 Å². The number of piperidine rings is 1. The molecule has 0 aliphatic carbocycles. The van der Waals surface area contributed by atoms with E-state index >= 15 is 0 Å². The van der Waals surface area contributed by atoms with E-state index in [0.717, 1.165) is 57.2 Å². The van der Waals surface area contributed by atoms with Gasteiger partial charge in [-0.25, -0.2) is 0 Å². The first kappa shape index (κ1) is 18.0. The van der Waals surface area contributed by atoms with Crippen LogP contribution < -0.4 is 9.47 Å². The van der Waals surface area contributed by atoms with E-state index < -0.39 is 0 Å². The van der Waals surface area contributed by atoms with Crippen molar-refractivity contribution in [2.24, 2.45) is 0 Å². The first-order chi connectivity index (χ1) is 12.8. The van der Waals surface area contributed by atoms with E-state index in [-0.39, 0.29) is 0 Å². The Bertz CT molecular complexity index is 590. The van der Waals surface area contributed by atoms with Gasteiger partial charge in [0.25, 0.3) is 0 Å². The predicted molar refractivity (Wildman–Crippen MR) is 101 cm³/mol. The molecule has 0 radical (unpaired) electrons. The third-order valence-electron chi connectivity index (χ3n) is 5.88. The van der Waals surface area contributed by atoms with Crippen molar-refractivity contribution in [2.45, 2.75) is 31.8 Å². The molecule has 1 N–H and O–H groups in total. The number of aliphatic hydroxyl groups excluding tert-OH is 1. The van der Waals surface area contributed by atoms with Gasteiger partial charge in [-0.1, -0.05) is 6.07 Å². The summed E-state index contributed by atoms with van der Waals surface area (Å²) in [5.41, 5.74) is 1.30. The van der Waals surface area contributed by atoms with Crippen molar-refractivity contribution in [3.63, 3.8) is 0 Å². The molecule has 1 atom stereocenters. The molecule has 0 aromatic heterocycles. The largest absolute Gasteiger partial charge is 0.454 e. The van der Waals surface area contributed by atoms with Crippen molar-refractivity contribution in [1.29, 1.82) is 0 Å². The van der Waals surface area contributed by atoms with Gasteiger partial charge >= 0.3 is 0 Å². The van der Waals surface area contributed by atoms with Crippen LogP contribution in [-0.4, -0.2) is 85.1 Å². The van der Waals surface area contributed by atoms with Crippen LogP contribution in [0.5, 0.6) is 11.5 Å². The summed E-state index contributed by atoms with van der Waals surface area (Å²) in [6.45, 7) is 9.60. The summed E-state index contributed by atoms with van der Waals surface area (Å²) in [5, 5.41) is 9.06. The van der Waals surface area contributed by atoms with Crippen molar-refractivity contribution in [3.8, 4) is 11.5 Å². The fourth-order valence-corrected chi connectivity index (χ4v) is 4.41. The second-order valence-electron chi connectivity index (χ2n) is 7.67. The smallest absolute Gasteiger partial charge is 0.231 e. The lowest BCUT2D eigenvalue weighted by Gasteiger charge is -2.43. The number of hydrogen-bond donors (Lipinski definition) is 1. The van der Waals surface area contributed by atoms with Crippen LogP contribution in [0.1, 0.15) is 24.8 Å². The van der Waals surface area contributed by atoms with Crippen molar-refractivity contribution in [1.82, 2.24) is 14.7 Å². The Morgan fingerprint density at radius 2 is 1.85 bits per heavy atom. The van der Waals surface area contributed by atoms with Gasteiger partial charge in [-0.05, 0) is 43.5 Å². The molecule has 0 spiro atoms. The van der Waals surface area contributed by atoms with Crippen molar-refractivity contribution in [3.05, 3.63) is 23.8 Å². The fourth-order valence-electron chi connectivity index (χ4n) is 4.41. The molecule has 3 aliphatic heterocycles. The zero-order valence-corrected chi connectivity index (χ0v) is 15.6. The van der Waals surface area contributed by atoms with Crippen LogP contribution >= 0.6 is 0 Å². The number of fused-ring (bicyclic) bond motifs is 1. The van der Waals surface area contributed by atoms with E-state index in [9.17, 15) is 0 Å². The lowest BCUT2D eigenvalue weighted by Crippen LogP contribution is -2.54. The molecule has 3 heterocycles. The minimum atomic E-state index is 0.305. The average molecular weight is 361 g/mol. The normalized spacial score (nSPS) is 24.9. The highest BCUT2D eigenvalue weighted by molar-refractivity contribution is 5.44. The first-order valence-corrected chi connectivity index (χ1v) is 10.00. The number of likely N-dealkylation sites (tertiary alicyclic amines) is 1.